The number of anilines is 1. The van der Waals surface area contributed by atoms with Gasteiger partial charge >= 0.3 is 5.97 Å². The van der Waals surface area contributed by atoms with E-state index in [0.717, 1.165) is 18.3 Å². The summed E-state index contributed by atoms with van der Waals surface area (Å²) in [5.41, 5.74) is -1.42. The van der Waals surface area contributed by atoms with Crippen LogP contribution in [0, 0.1) is 5.82 Å². The molecular weight excluding hydrogens is 442 g/mol. The van der Waals surface area contributed by atoms with Crippen molar-refractivity contribution in [1.29, 1.82) is 0 Å². The molecule has 1 atom stereocenters. The van der Waals surface area contributed by atoms with Crippen molar-refractivity contribution in [1.82, 2.24) is 4.57 Å². The molecule has 0 unspecified atom stereocenters. The number of benzene rings is 1. The van der Waals surface area contributed by atoms with E-state index >= 15 is 4.39 Å². The molecule has 2 rings (SSSR count). The summed E-state index contributed by atoms with van der Waals surface area (Å²) >= 11 is 6.57. The summed E-state index contributed by atoms with van der Waals surface area (Å²) in [4.78, 5) is 25.9. The first-order chi connectivity index (χ1) is 15.2. The van der Waals surface area contributed by atoms with Crippen LogP contribution in [0.25, 0.3) is 17.1 Å². The molecule has 9 heteroatoms. The SMILES string of the molecule is C\C=C/C(F)=C\C=C\n1cc(C(=O)O)c(=O)c2cc(F)c(N(CC)[C@H](CC)CO)c(Cl)c21. The third-order valence-corrected chi connectivity index (χ3v) is 5.35. The number of aliphatic hydroxyl groups excluding tert-OH is 1. The number of carboxylic acids is 1. The zero-order valence-corrected chi connectivity index (χ0v) is 18.7. The first-order valence-electron chi connectivity index (χ1n) is 10.1. The molecular formula is C23H25ClF2N2O4. The first kappa shape index (κ1) is 25.3. The molecule has 0 amide bonds. The Morgan fingerprint density at radius 1 is 1.38 bits per heavy atom. The fraction of sp³-hybridized carbons (Fsp3) is 0.304. The largest absolute Gasteiger partial charge is 0.477 e. The standard InChI is InChI=1S/C23H25ClF2N2O4/c1-4-8-14(25)9-7-10-27-12-17(23(31)32)22(30)16-11-18(26)21(19(24)20(16)27)28(6-3)15(5-2)13-29/h4,7-12,15,29H,5-6,13H2,1-3H3,(H,31,32)/b8-4-,10-7+,14-9+/t15-/m1/s1. The van der Waals surface area contributed by atoms with Crippen LogP contribution in [0.5, 0.6) is 0 Å². The molecule has 1 aromatic heterocycles. The van der Waals surface area contributed by atoms with Crippen LogP contribution in [0.4, 0.5) is 14.5 Å². The molecule has 0 saturated carbocycles. The van der Waals surface area contributed by atoms with E-state index in [9.17, 15) is 24.2 Å². The average molecular weight is 467 g/mol. The second kappa shape index (κ2) is 11.1. The summed E-state index contributed by atoms with van der Waals surface area (Å²) in [6, 6.07) is 0.523. The maximum absolute atomic E-state index is 15.1. The topological polar surface area (TPSA) is 82.8 Å². The fourth-order valence-electron chi connectivity index (χ4n) is 3.45. The number of hydrogen-bond acceptors (Lipinski definition) is 4. The lowest BCUT2D eigenvalue weighted by atomic mass is 10.1. The quantitative estimate of drug-likeness (QED) is 0.509. The summed E-state index contributed by atoms with van der Waals surface area (Å²) in [5, 5.41) is 18.8. The number of carbonyl (C=O) groups is 1. The van der Waals surface area contributed by atoms with Crippen LogP contribution in [0.2, 0.25) is 5.02 Å². The van der Waals surface area contributed by atoms with Crippen LogP contribution < -0.4 is 10.3 Å². The highest BCUT2D eigenvalue weighted by Gasteiger charge is 2.26. The van der Waals surface area contributed by atoms with E-state index in [1.165, 1.54) is 29.0 Å². The highest BCUT2D eigenvalue weighted by atomic mass is 35.5. The van der Waals surface area contributed by atoms with E-state index in [1.807, 2.05) is 6.92 Å². The molecule has 1 heterocycles. The van der Waals surface area contributed by atoms with Crippen LogP contribution in [0.1, 0.15) is 37.6 Å². The number of likely N-dealkylation sites (N-methyl/N-ethyl adjacent to an activating group) is 1. The van der Waals surface area contributed by atoms with E-state index in [4.69, 9.17) is 11.6 Å². The number of allylic oxidation sites excluding steroid dienone is 5. The molecule has 2 N–H and O–H groups in total. The summed E-state index contributed by atoms with van der Waals surface area (Å²) in [6.45, 7) is 5.34. The molecule has 172 valence electrons. The Kier molecular flexibility index (Phi) is 8.74. The molecule has 0 radical (unpaired) electrons. The number of aromatic nitrogens is 1. The van der Waals surface area contributed by atoms with E-state index in [-0.39, 0.29) is 28.2 Å². The maximum atomic E-state index is 15.1. The third-order valence-electron chi connectivity index (χ3n) is 4.99. The Balaban J connectivity index is 2.91. The zero-order chi connectivity index (χ0) is 24.0. The van der Waals surface area contributed by atoms with E-state index in [2.05, 4.69) is 0 Å². The van der Waals surface area contributed by atoms with Crippen molar-refractivity contribution in [3.05, 3.63) is 69.0 Å². The predicted octanol–water partition coefficient (Wildman–Crippen LogP) is 4.99. The number of aliphatic hydroxyl groups is 1. The first-order valence-corrected chi connectivity index (χ1v) is 10.4. The van der Waals surface area contributed by atoms with Gasteiger partial charge in [0.1, 0.15) is 17.2 Å². The number of fused-ring (bicyclic) bond motifs is 1. The van der Waals surface area contributed by atoms with Crippen molar-refractivity contribution in [3.63, 3.8) is 0 Å². The Morgan fingerprint density at radius 2 is 2.06 bits per heavy atom. The average Bonchev–Trinajstić information content (AvgIpc) is 2.74. The lowest BCUT2D eigenvalue weighted by molar-refractivity contribution is 0.0695. The summed E-state index contributed by atoms with van der Waals surface area (Å²) < 4.78 is 30.1. The molecule has 0 saturated heterocycles. The number of aromatic carboxylic acids is 1. The number of halogens is 3. The monoisotopic (exact) mass is 466 g/mol. The van der Waals surface area contributed by atoms with Crippen molar-refractivity contribution in [2.45, 2.75) is 33.2 Å². The lowest BCUT2D eigenvalue weighted by Gasteiger charge is -2.32. The molecule has 0 bridgehead atoms. The second-order valence-corrected chi connectivity index (χ2v) is 7.30. The number of carboxylic acid groups (broad SMARTS) is 1. The maximum Gasteiger partial charge on any atom is 0.341 e. The van der Waals surface area contributed by atoms with Crippen molar-refractivity contribution in [2.75, 3.05) is 18.1 Å². The van der Waals surface area contributed by atoms with Crippen molar-refractivity contribution >= 4 is 40.4 Å². The van der Waals surface area contributed by atoms with Gasteiger partial charge in [-0.25, -0.2) is 13.6 Å². The van der Waals surface area contributed by atoms with Gasteiger partial charge < -0.3 is 19.7 Å². The van der Waals surface area contributed by atoms with Gasteiger partial charge in [0.15, 0.2) is 0 Å². The summed E-state index contributed by atoms with van der Waals surface area (Å²) in [5.74, 6) is -2.85. The Labute approximate surface area is 189 Å². The predicted molar refractivity (Wildman–Crippen MR) is 124 cm³/mol. The molecule has 6 nitrogen and oxygen atoms in total. The van der Waals surface area contributed by atoms with E-state index in [1.54, 1.807) is 18.7 Å². The zero-order valence-electron chi connectivity index (χ0n) is 18.0. The van der Waals surface area contributed by atoms with Gasteiger partial charge in [-0.15, -0.1) is 0 Å². The molecule has 0 spiro atoms. The number of rotatable bonds is 9. The Bertz CT molecular complexity index is 1150. The normalized spacial score (nSPS) is 13.4. The van der Waals surface area contributed by atoms with E-state index in [0.29, 0.717) is 13.0 Å². The van der Waals surface area contributed by atoms with Gasteiger partial charge in [-0.05, 0) is 44.6 Å². The molecule has 1 aromatic carbocycles. The van der Waals surface area contributed by atoms with Crippen molar-refractivity contribution in [2.24, 2.45) is 0 Å². The minimum Gasteiger partial charge on any atom is -0.477 e. The van der Waals surface area contributed by atoms with Crippen molar-refractivity contribution < 1.29 is 23.8 Å². The molecule has 0 aliphatic carbocycles. The van der Waals surface area contributed by atoms with Gasteiger partial charge in [-0.1, -0.05) is 24.6 Å². The number of hydrogen-bond donors (Lipinski definition) is 2. The molecule has 32 heavy (non-hydrogen) atoms. The Morgan fingerprint density at radius 3 is 2.59 bits per heavy atom. The minimum atomic E-state index is -1.49. The van der Waals surface area contributed by atoms with Gasteiger partial charge in [0.05, 0.1) is 34.3 Å². The fourth-order valence-corrected chi connectivity index (χ4v) is 3.85. The van der Waals surface area contributed by atoms with Crippen LogP contribution >= 0.6 is 11.6 Å². The van der Waals surface area contributed by atoms with Gasteiger partial charge in [0, 0.05) is 18.9 Å². The molecule has 2 aromatic rings. The second-order valence-electron chi connectivity index (χ2n) is 6.93. The molecule has 0 aliphatic rings. The molecule has 0 fully saturated rings. The Hall–Kier alpha value is -2.97. The van der Waals surface area contributed by atoms with E-state index < -0.39 is 34.6 Å². The highest BCUT2D eigenvalue weighted by Crippen LogP contribution is 2.37. The smallest absolute Gasteiger partial charge is 0.341 e. The summed E-state index contributed by atoms with van der Waals surface area (Å²) in [6.07, 6.45) is 8.08. The summed E-state index contributed by atoms with van der Waals surface area (Å²) in [7, 11) is 0. The highest BCUT2D eigenvalue weighted by molar-refractivity contribution is 6.38. The van der Waals surface area contributed by atoms with Crippen molar-refractivity contribution in [3.8, 4) is 0 Å². The minimum absolute atomic E-state index is 0.0113. The van der Waals surface area contributed by atoms with Crippen LogP contribution in [0.3, 0.4) is 0 Å². The lowest BCUT2D eigenvalue weighted by Crippen LogP contribution is -2.38. The van der Waals surface area contributed by atoms with Crippen LogP contribution in [-0.2, 0) is 0 Å². The van der Waals surface area contributed by atoms with Crippen LogP contribution in [-0.4, -0.2) is 39.9 Å². The number of pyridine rings is 1. The van der Waals surface area contributed by atoms with Gasteiger partial charge in [-0.2, -0.15) is 0 Å². The molecule has 0 aliphatic heterocycles. The van der Waals surface area contributed by atoms with Gasteiger partial charge in [0.25, 0.3) is 0 Å². The van der Waals surface area contributed by atoms with Gasteiger partial charge in [0.2, 0.25) is 5.43 Å². The van der Waals surface area contributed by atoms with Gasteiger partial charge in [-0.3, -0.25) is 4.79 Å². The van der Waals surface area contributed by atoms with Crippen LogP contribution in [0.15, 0.2) is 47.2 Å². The third kappa shape index (κ3) is 5.08. The number of nitrogens with zero attached hydrogens (tertiary/aromatic N) is 2.